The van der Waals surface area contributed by atoms with Crippen molar-refractivity contribution in [1.29, 1.82) is 0 Å². The van der Waals surface area contributed by atoms with Gasteiger partial charge in [0.15, 0.2) is 0 Å². The van der Waals surface area contributed by atoms with E-state index in [0.29, 0.717) is 10.8 Å². The van der Waals surface area contributed by atoms with Crippen molar-refractivity contribution in [3.8, 4) is 5.75 Å². The normalized spacial score (nSPS) is 10.2. The molecule has 2 N–H and O–H groups in total. The zero-order chi connectivity index (χ0) is 15.4. The molecule has 0 spiro atoms. The van der Waals surface area contributed by atoms with Gasteiger partial charge in [-0.3, -0.25) is 0 Å². The van der Waals surface area contributed by atoms with Gasteiger partial charge in [-0.1, -0.05) is 17.7 Å². The van der Waals surface area contributed by atoms with Gasteiger partial charge in [0.25, 0.3) is 0 Å². The van der Waals surface area contributed by atoms with Gasteiger partial charge in [-0.25, -0.2) is 9.18 Å². The number of carbonyl (C=O) groups excluding carboxylic acids is 1. The minimum Gasteiger partial charge on any atom is -0.495 e. The monoisotopic (exact) mass is 309 g/mol. The van der Waals surface area contributed by atoms with Crippen LogP contribution in [0.3, 0.4) is 0 Å². The van der Waals surface area contributed by atoms with Crippen LogP contribution in [0.15, 0.2) is 36.4 Å². The Morgan fingerprint density at radius 2 is 2.10 bits per heavy atom. The Balaban J connectivity index is 2.14. The maximum absolute atomic E-state index is 13.5. The van der Waals surface area contributed by atoms with Gasteiger partial charge in [0, 0.05) is 10.6 Å². The van der Waals surface area contributed by atoms with Crippen molar-refractivity contribution >= 4 is 23.3 Å². The van der Waals surface area contributed by atoms with Crippen LogP contribution in [-0.2, 0) is 11.3 Å². The summed E-state index contributed by atoms with van der Waals surface area (Å²) < 4.78 is 23.6. The molecule has 0 aliphatic heterocycles. The summed E-state index contributed by atoms with van der Waals surface area (Å²) in [5, 5.41) is 0.364. The second-order valence-electron chi connectivity index (χ2n) is 4.23. The first-order valence-electron chi connectivity index (χ1n) is 6.06. The zero-order valence-corrected chi connectivity index (χ0v) is 12.0. The van der Waals surface area contributed by atoms with Crippen molar-refractivity contribution < 1.29 is 18.7 Å². The highest BCUT2D eigenvalue weighted by molar-refractivity contribution is 6.30. The number of halogens is 2. The number of nitrogens with two attached hydrogens (primary N) is 1. The molecule has 2 aromatic carbocycles. The van der Waals surface area contributed by atoms with Crippen molar-refractivity contribution in [1.82, 2.24) is 0 Å². The number of benzene rings is 2. The van der Waals surface area contributed by atoms with Crippen LogP contribution in [-0.4, -0.2) is 13.1 Å². The Morgan fingerprint density at radius 3 is 2.81 bits per heavy atom. The molecule has 21 heavy (non-hydrogen) atoms. The summed E-state index contributed by atoms with van der Waals surface area (Å²) in [6, 6.07) is 8.79. The Hall–Kier alpha value is -2.27. The Bertz CT molecular complexity index is 676. The molecular formula is C15H13ClFNO3. The van der Waals surface area contributed by atoms with Gasteiger partial charge < -0.3 is 15.2 Å². The van der Waals surface area contributed by atoms with Crippen LogP contribution in [0.25, 0.3) is 0 Å². The highest BCUT2D eigenvalue weighted by Crippen LogP contribution is 2.25. The summed E-state index contributed by atoms with van der Waals surface area (Å²) in [5.41, 5.74) is 6.33. The Kier molecular flexibility index (Phi) is 4.65. The summed E-state index contributed by atoms with van der Waals surface area (Å²) in [7, 11) is 1.45. The SMILES string of the molecule is COc1cccc(C(=O)OCc2cc(Cl)ccc2F)c1N. The zero-order valence-electron chi connectivity index (χ0n) is 11.2. The minimum atomic E-state index is -0.661. The highest BCUT2D eigenvalue weighted by atomic mass is 35.5. The van der Waals surface area contributed by atoms with Crippen molar-refractivity contribution in [2.24, 2.45) is 0 Å². The van der Waals surface area contributed by atoms with Crippen molar-refractivity contribution in [2.45, 2.75) is 6.61 Å². The molecule has 110 valence electrons. The third kappa shape index (κ3) is 3.44. The lowest BCUT2D eigenvalue weighted by molar-refractivity contribution is 0.0470. The number of anilines is 1. The van der Waals surface area contributed by atoms with Crippen LogP contribution in [0.5, 0.6) is 5.75 Å². The summed E-state index contributed by atoms with van der Waals surface area (Å²) in [6.07, 6.45) is 0. The minimum absolute atomic E-state index is 0.164. The molecule has 0 saturated carbocycles. The number of esters is 1. The van der Waals surface area contributed by atoms with E-state index in [-0.39, 0.29) is 23.4 Å². The standard InChI is InChI=1S/C15H13ClFNO3/c1-20-13-4-2-3-11(14(13)18)15(19)21-8-9-7-10(16)5-6-12(9)17/h2-7H,8,18H2,1H3. The third-order valence-corrected chi connectivity index (χ3v) is 3.11. The van der Waals surface area contributed by atoms with E-state index < -0.39 is 11.8 Å². The fourth-order valence-corrected chi connectivity index (χ4v) is 1.97. The Morgan fingerprint density at radius 1 is 1.33 bits per heavy atom. The summed E-state index contributed by atoms with van der Waals surface area (Å²) in [4.78, 5) is 12.0. The first-order chi connectivity index (χ1) is 10.0. The van der Waals surface area contributed by atoms with E-state index in [1.807, 2.05) is 0 Å². The van der Waals surface area contributed by atoms with Gasteiger partial charge in [0.2, 0.25) is 0 Å². The quantitative estimate of drug-likeness (QED) is 0.694. The predicted octanol–water partition coefficient (Wildman–Crippen LogP) is 3.43. The van der Waals surface area contributed by atoms with E-state index in [1.165, 1.54) is 31.4 Å². The Labute approximate surface area is 126 Å². The van der Waals surface area contributed by atoms with Gasteiger partial charge in [-0.2, -0.15) is 0 Å². The number of ether oxygens (including phenoxy) is 2. The van der Waals surface area contributed by atoms with Gasteiger partial charge in [0.1, 0.15) is 18.2 Å². The molecule has 0 heterocycles. The lowest BCUT2D eigenvalue weighted by Gasteiger charge is -2.10. The van der Waals surface area contributed by atoms with Crippen molar-refractivity contribution in [3.63, 3.8) is 0 Å². The molecule has 0 saturated heterocycles. The second-order valence-corrected chi connectivity index (χ2v) is 4.67. The van der Waals surface area contributed by atoms with E-state index in [2.05, 4.69) is 0 Å². The lowest BCUT2D eigenvalue weighted by atomic mass is 10.1. The largest absolute Gasteiger partial charge is 0.495 e. The molecule has 2 aromatic rings. The first-order valence-corrected chi connectivity index (χ1v) is 6.44. The van der Waals surface area contributed by atoms with E-state index in [1.54, 1.807) is 12.1 Å². The number of para-hydroxylation sites is 1. The van der Waals surface area contributed by atoms with Crippen LogP contribution in [0.2, 0.25) is 5.02 Å². The number of carbonyl (C=O) groups is 1. The van der Waals surface area contributed by atoms with E-state index in [4.69, 9.17) is 26.8 Å². The molecule has 0 aliphatic carbocycles. The highest BCUT2D eigenvalue weighted by Gasteiger charge is 2.15. The molecule has 0 atom stereocenters. The lowest BCUT2D eigenvalue weighted by Crippen LogP contribution is -2.09. The van der Waals surface area contributed by atoms with Crippen LogP contribution in [0.4, 0.5) is 10.1 Å². The van der Waals surface area contributed by atoms with Gasteiger partial charge in [0.05, 0.1) is 18.4 Å². The first kappa shape index (κ1) is 15.1. The maximum atomic E-state index is 13.5. The molecule has 0 amide bonds. The predicted molar refractivity (Wildman–Crippen MR) is 77.9 cm³/mol. The van der Waals surface area contributed by atoms with E-state index in [9.17, 15) is 9.18 Å². The van der Waals surface area contributed by atoms with E-state index >= 15 is 0 Å². The van der Waals surface area contributed by atoms with E-state index in [0.717, 1.165) is 0 Å². The maximum Gasteiger partial charge on any atom is 0.340 e. The summed E-state index contributed by atoms with van der Waals surface area (Å²) in [5.74, 6) is -0.782. The molecule has 6 heteroatoms. The van der Waals surface area contributed by atoms with Crippen LogP contribution in [0, 0.1) is 5.82 Å². The number of hydrogen-bond acceptors (Lipinski definition) is 4. The fraction of sp³-hybridized carbons (Fsp3) is 0.133. The molecule has 0 aliphatic rings. The third-order valence-electron chi connectivity index (χ3n) is 2.87. The average molecular weight is 310 g/mol. The molecular weight excluding hydrogens is 297 g/mol. The molecule has 0 radical (unpaired) electrons. The van der Waals surface area contributed by atoms with Gasteiger partial charge in [-0.05, 0) is 30.3 Å². The van der Waals surface area contributed by atoms with Gasteiger partial charge >= 0.3 is 5.97 Å². The summed E-state index contributed by atoms with van der Waals surface area (Å²) >= 11 is 5.77. The molecule has 0 unspecified atom stereocenters. The molecule has 0 bridgehead atoms. The van der Waals surface area contributed by atoms with Crippen molar-refractivity contribution in [3.05, 3.63) is 58.4 Å². The van der Waals surface area contributed by atoms with Gasteiger partial charge in [-0.15, -0.1) is 0 Å². The molecule has 2 rings (SSSR count). The smallest absolute Gasteiger partial charge is 0.340 e. The molecule has 0 aromatic heterocycles. The molecule has 0 fully saturated rings. The summed E-state index contributed by atoms with van der Waals surface area (Å²) in [6.45, 7) is -0.234. The van der Waals surface area contributed by atoms with Crippen molar-refractivity contribution in [2.75, 3.05) is 12.8 Å². The average Bonchev–Trinajstić information content (AvgIpc) is 2.48. The number of methoxy groups -OCH3 is 1. The van der Waals surface area contributed by atoms with Crippen LogP contribution in [0.1, 0.15) is 15.9 Å². The number of hydrogen-bond donors (Lipinski definition) is 1. The number of nitrogen functional groups attached to an aromatic ring is 1. The van der Waals surface area contributed by atoms with Crippen LogP contribution >= 0.6 is 11.6 Å². The fourth-order valence-electron chi connectivity index (χ4n) is 1.77. The second kappa shape index (κ2) is 6.45. The van der Waals surface area contributed by atoms with Crippen LogP contribution < -0.4 is 10.5 Å². The topological polar surface area (TPSA) is 61.5 Å². The number of rotatable bonds is 4. The molecule has 4 nitrogen and oxygen atoms in total.